The first-order valence-electron chi connectivity index (χ1n) is 13.0. The number of nitrogens with one attached hydrogen (secondary N) is 4. The fraction of sp³-hybridized carbons (Fsp3) is 0.571. The van der Waals surface area contributed by atoms with Crippen LogP contribution in [-0.4, -0.2) is 53.5 Å². The molecular weight excluding hydrogens is 424 g/mol. The summed E-state index contributed by atoms with van der Waals surface area (Å²) in [6.45, 7) is 6.43. The van der Waals surface area contributed by atoms with Crippen LogP contribution < -0.4 is 30.7 Å². The van der Waals surface area contributed by atoms with Crippen molar-refractivity contribution in [1.29, 1.82) is 0 Å². The molecule has 0 unspecified atom stereocenters. The highest BCUT2D eigenvalue weighted by molar-refractivity contribution is 5.56. The summed E-state index contributed by atoms with van der Waals surface area (Å²) in [5, 5.41) is 14.1. The molecule has 34 heavy (non-hydrogen) atoms. The van der Waals surface area contributed by atoms with Crippen molar-refractivity contribution in [2.75, 3.05) is 64.1 Å². The molecule has 0 atom stereocenters. The van der Waals surface area contributed by atoms with Crippen molar-refractivity contribution in [1.82, 2.24) is 10.6 Å². The van der Waals surface area contributed by atoms with Gasteiger partial charge in [0, 0.05) is 13.1 Å². The van der Waals surface area contributed by atoms with Gasteiger partial charge in [0.25, 0.3) is 0 Å². The average molecular weight is 471 g/mol. The number of hydrogen-bond donors (Lipinski definition) is 4. The van der Waals surface area contributed by atoms with E-state index in [0.717, 1.165) is 68.6 Å². The number of hydrogen-bond acceptors (Lipinski definition) is 6. The van der Waals surface area contributed by atoms with Gasteiger partial charge in [0.2, 0.25) is 0 Å². The van der Waals surface area contributed by atoms with Crippen molar-refractivity contribution in [2.45, 2.75) is 51.4 Å². The second-order valence-corrected chi connectivity index (χ2v) is 8.58. The van der Waals surface area contributed by atoms with Crippen molar-refractivity contribution in [2.24, 2.45) is 0 Å². The summed E-state index contributed by atoms with van der Waals surface area (Å²) < 4.78 is 10.7. The zero-order valence-corrected chi connectivity index (χ0v) is 21.3. The molecule has 0 spiro atoms. The number of methoxy groups -OCH3 is 2. The number of anilines is 2. The quantitative estimate of drug-likeness (QED) is 0.180. The van der Waals surface area contributed by atoms with Crippen LogP contribution in [0, 0.1) is 0 Å². The maximum Gasteiger partial charge on any atom is 0.141 e. The van der Waals surface area contributed by atoms with Gasteiger partial charge in [-0.25, -0.2) is 0 Å². The molecular formula is C28H46N4O2. The normalized spacial score (nSPS) is 10.8. The predicted octanol–water partition coefficient (Wildman–Crippen LogP) is 5.53. The molecule has 0 aliphatic heterocycles. The molecule has 190 valence electrons. The Hall–Kier alpha value is -2.44. The summed E-state index contributed by atoms with van der Waals surface area (Å²) in [4.78, 5) is 0. The van der Waals surface area contributed by atoms with Gasteiger partial charge >= 0.3 is 0 Å². The maximum atomic E-state index is 5.37. The summed E-state index contributed by atoms with van der Waals surface area (Å²) in [5.41, 5.74) is 2.16. The standard InChI is InChI=1S/C28H46N4O2/c1-33-27-17-7-5-15-25(27)31-23-10-4-3-9-19-29-20-11-12-21-30-22-13-14-24-32-26-16-6-8-18-28(26)34-2/h5-8,15-18,29-32H,3-4,9-14,19-24H2,1-2H3. The van der Waals surface area contributed by atoms with Gasteiger partial charge in [0.05, 0.1) is 25.6 Å². The topological polar surface area (TPSA) is 66.6 Å². The van der Waals surface area contributed by atoms with Gasteiger partial charge in [-0.1, -0.05) is 37.1 Å². The lowest BCUT2D eigenvalue weighted by molar-refractivity contribution is 0.416. The summed E-state index contributed by atoms with van der Waals surface area (Å²) in [5.74, 6) is 1.83. The van der Waals surface area contributed by atoms with E-state index in [9.17, 15) is 0 Å². The molecule has 0 aliphatic rings. The Balaban J connectivity index is 1.29. The van der Waals surface area contributed by atoms with E-state index in [1.807, 2.05) is 36.4 Å². The van der Waals surface area contributed by atoms with E-state index in [4.69, 9.17) is 9.47 Å². The number of unbranched alkanes of at least 4 members (excludes halogenated alkanes) is 5. The van der Waals surface area contributed by atoms with Crippen LogP contribution in [0.3, 0.4) is 0 Å². The number of para-hydroxylation sites is 4. The van der Waals surface area contributed by atoms with E-state index >= 15 is 0 Å². The van der Waals surface area contributed by atoms with Crippen LogP contribution in [-0.2, 0) is 0 Å². The Kier molecular flexibility index (Phi) is 15.5. The second kappa shape index (κ2) is 18.9. The lowest BCUT2D eigenvalue weighted by Crippen LogP contribution is -2.20. The van der Waals surface area contributed by atoms with Crippen LogP contribution in [0.2, 0.25) is 0 Å². The first-order chi connectivity index (χ1) is 16.8. The van der Waals surface area contributed by atoms with Crippen molar-refractivity contribution in [3.63, 3.8) is 0 Å². The predicted molar refractivity (Wildman–Crippen MR) is 146 cm³/mol. The Morgan fingerprint density at radius 1 is 0.471 bits per heavy atom. The van der Waals surface area contributed by atoms with E-state index in [0.29, 0.717) is 0 Å². The van der Waals surface area contributed by atoms with Gasteiger partial charge in [-0.15, -0.1) is 0 Å². The van der Waals surface area contributed by atoms with Crippen LogP contribution in [0.15, 0.2) is 48.5 Å². The Morgan fingerprint density at radius 3 is 1.26 bits per heavy atom. The first kappa shape index (κ1) is 27.8. The molecule has 0 fully saturated rings. The van der Waals surface area contributed by atoms with Gasteiger partial charge in [-0.05, 0) is 89.0 Å². The van der Waals surface area contributed by atoms with Crippen LogP contribution in [0.5, 0.6) is 11.5 Å². The van der Waals surface area contributed by atoms with Crippen molar-refractivity contribution < 1.29 is 9.47 Å². The summed E-state index contributed by atoms with van der Waals surface area (Å²) in [6.07, 6.45) is 9.83. The third-order valence-corrected chi connectivity index (χ3v) is 5.86. The largest absolute Gasteiger partial charge is 0.495 e. The lowest BCUT2D eigenvalue weighted by atomic mass is 10.2. The van der Waals surface area contributed by atoms with Gasteiger partial charge < -0.3 is 30.7 Å². The van der Waals surface area contributed by atoms with Crippen LogP contribution in [0.1, 0.15) is 51.4 Å². The van der Waals surface area contributed by atoms with Crippen molar-refractivity contribution in [3.8, 4) is 11.5 Å². The fourth-order valence-corrected chi connectivity index (χ4v) is 3.88. The van der Waals surface area contributed by atoms with Gasteiger partial charge in [-0.3, -0.25) is 0 Å². The highest BCUT2D eigenvalue weighted by atomic mass is 16.5. The molecule has 2 aromatic carbocycles. The summed E-state index contributed by atoms with van der Waals surface area (Å²) >= 11 is 0. The minimum Gasteiger partial charge on any atom is -0.495 e. The molecule has 2 rings (SSSR count). The van der Waals surface area contributed by atoms with Gasteiger partial charge in [0.1, 0.15) is 11.5 Å². The second-order valence-electron chi connectivity index (χ2n) is 8.58. The number of ether oxygens (including phenoxy) is 2. The number of rotatable bonds is 21. The zero-order chi connectivity index (χ0) is 24.1. The number of benzene rings is 2. The highest BCUT2D eigenvalue weighted by Crippen LogP contribution is 2.23. The molecule has 0 saturated heterocycles. The lowest BCUT2D eigenvalue weighted by Gasteiger charge is -2.11. The molecule has 2 aromatic rings. The Morgan fingerprint density at radius 2 is 0.824 bits per heavy atom. The molecule has 0 aliphatic carbocycles. The van der Waals surface area contributed by atoms with E-state index in [2.05, 4.69) is 33.4 Å². The van der Waals surface area contributed by atoms with Crippen LogP contribution in [0.4, 0.5) is 11.4 Å². The monoisotopic (exact) mass is 470 g/mol. The van der Waals surface area contributed by atoms with E-state index in [-0.39, 0.29) is 0 Å². The van der Waals surface area contributed by atoms with E-state index < -0.39 is 0 Å². The zero-order valence-electron chi connectivity index (χ0n) is 21.3. The molecule has 0 aromatic heterocycles. The average Bonchev–Trinajstić information content (AvgIpc) is 2.88. The molecule has 0 heterocycles. The van der Waals surface area contributed by atoms with Crippen molar-refractivity contribution in [3.05, 3.63) is 48.5 Å². The summed E-state index contributed by atoms with van der Waals surface area (Å²) in [7, 11) is 3.43. The maximum absolute atomic E-state index is 5.37. The first-order valence-corrected chi connectivity index (χ1v) is 13.0. The molecule has 0 amide bonds. The van der Waals surface area contributed by atoms with Crippen molar-refractivity contribution >= 4 is 11.4 Å². The molecule has 0 radical (unpaired) electrons. The third kappa shape index (κ3) is 12.1. The Bertz CT molecular complexity index is 693. The third-order valence-electron chi connectivity index (χ3n) is 5.86. The molecule has 6 heteroatoms. The summed E-state index contributed by atoms with van der Waals surface area (Å²) in [6, 6.07) is 16.2. The Labute approximate surface area is 207 Å². The van der Waals surface area contributed by atoms with Crippen LogP contribution >= 0.6 is 0 Å². The van der Waals surface area contributed by atoms with Gasteiger partial charge in [-0.2, -0.15) is 0 Å². The highest BCUT2D eigenvalue weighted by Gasteiger charge is 2.01. The van der Waals surface area contributed by atoms with Gasteiger partial charge in [0.15, 0.2) is 0 Å². The smallest absolute Gasteiger partial charge is 0.141 e. The van der Waals surface area contributed by atoms with E-state index in [1.165, 1.54) is 44.9 Å². The fourth-order valence-electron chi connectivity index (χ4n) is 3.88. The molecule has 6 nitrogen and oxygen atoms in total. The molecule has 0 saturated carbocycles. The SMILES string of the molecule is COc1ccccc1NCCCCCCNCCCCNCCCCNc1ccccc1OC. The minimum atomic E-state index is 0.909. The molecule has 0 bridgehead atoms. The minimum absolute atomic E-state index is 0.909. The van der Waals surface area contributed by atoms with E-state index in [1.54, 1.807) is 14.2 Å². The van der Waals surface area contributed by atoms with Crippen LogP contribution in [0.25, 0.3) is 0 Å². The molecule has 4 N–H and O–H groups in total.